The number of benzene rings is 2. The zero-order valence-corrected chi connectivity index (χ0v) is 14.9. The molecule has 3 nitrogen and oxygen atoms in total. The number of fused-ring (bicyclic) bond motifs is 1. The van der Waals surface area contributed by atoms with Crippen LogP contribution in [0.4, 0.5) is 0 Å². The lowest BCUT2D eigenvalue weighted by atomic mass is 9.90. The Balaban J connectivity index is 1.58. The minimum Gasteiger partial charge on any atom is -0.487 e. The molecule has 1 N–H and O–H groups in total. The predicted octanol–water partition coefficient (Wildman–Crippen LogP) is 4.34. The second-order valence-electron chi connectivity index (χ2n) is 6.70. The van der Waals surface area contributed by atoms with E-state index in [9.17, 15) is 4.79 Å². The third-order valence-corrected chi connectivity index (χ3v) is 5.06. The van der Waals surface area contributed by atoms with Crippen LogP contribution >= 0.6 is 11.8 Å². The van der Waals surface area contributed by atoms with Crippen molar-refractivity contribution in [1.29, 1.82) is 0 Å². The molecule has 0 radical (unpaired) electrons. The lowest BCUT2D eigenvalue weighted by Crippen LogP contribution is -2.41. The second-order valence-corrected chi connectivity index (χ2v) is 7.69. The van der Waals surface area contributed by atoms with E-state index in [-0.39, 0.29) is 17.6 Å². The number of nitrogens with one attached hydrogen (secondary N) is 1. The average molecular weight is 341 g/mol. The molecular formula is C20H23NO2S. The predicted molar refractivity (Wildman–Crippen MR) is 99.3 cm³/mol. The van der Waals surface area contributed by atoms with Crippen LogP contribution in [0.25, 0.3) is 0 Å². The van der Waals surface area contributed by atoms with E-state index in [0.29, 0.717) is 5.75 Å². The normalized spacial score (nSPS) is 18.3. The first-order chi connectivity index (χ1) is 11.5. The Morgan fingerprint density at radius 2 is 1.88 bits per heavy atom. The molecule has 0 saturated heterocycles. The molecule has 1 unspecified atom stereocenters. The number of hydrogen-bond donors (Lipinski definition) is 1. The Kier molecular flexibility index (Phi) is 5.14. The number of rotatable bonds is 5. The Bertz CT molecular complexity index is 700. The van der Waals surface area contributed by atoms with Crippen molar-refractivity contribution in [3.8, 4) is 5.75 Å². The lowest BCUT2D eigenvalue weighted by Gasteiger charge is -2.37. The first-order valence-corrected chi connectivity index (χ1v) is 9.38. The molecule has 2 aromatic carbocycles. The second kappa shape index (κ2) is 7.31. The van der Waals surface area contributed by atoms with Crippen molar-refractivity contribution < 1.29 is 9.53 Å². The largest absolute Gasteiger partial charge is 0.487 e. The quantitative estimate of drug-likeness (QED) is 0.879. The molecular weight excluding hydrogens is 318 g/mol. The van der Waals surface area contributed by atoms with E-state index in [2.05, 4.69) is 31.3 Å². The number of hydrogen-bond acceptors (Lipinski definition) is 3. The highest BCUT2D eigenvalue weighted by Gasteiger charge is 2.34. The molecule has 1 atom stereocenters. The first kappa shape index (κ1) is 16.9. The van der Waals surface area contributed by atoms with E-state index in [1.54, 1.807) is 11.8 Å². The Morgan fingerprint density at radius 1 is 1.17 bits per heavy atom. The van der Waals surface area contributed by atoms with Gasteiger partial charge in [0.2, 0.25) is 5.91 Å². The van der Waals surface area contributed by atoms with E-state index < -0.39 is 0 Å². The van der Waals surface area contributed by atoms with E-state index in [0.717, 1.165) is 23.5 Å². The van der Waals surface area contributed by atoms with Gasteiger partial charge in [-0.3, -0.25) is 4.79 Å². The number of para-hydroxylation sites is 1. The zero-order valence-electron chi connectivity index (χ0n) is 14.1. The summed E-state index contributed by atoms with van der Waals surface area (Å²) in [6, 6.07) is 18.2. The van der Waals surface area contributed by atoms with Crippen molar-refractivity contribution in [2.24, 2.45) is 0 Å². The highest BCUT2D eigenvalue weighted by atomic mass is 32.2. The molecule has 0 bridgehead atoms. The van der Waals surface area contributed by atoms with Crippen molar-refractivity contribution in [2.45, 2.75) is 37.7 Å². The van der Waals surface area contributed by atoms with Crippen molar-refractivity contribution in [3.63, 3.8) is 0 Å². The Morgan fingerprint density at radius 3 is 2.67 bits per heavy atom. The number of ether oxygens (including phenoxy) is 1. The standard InChI is InChI=1S/C20H23NO2S/c1-20(2)12-17(16-10-6-7-11-18(16)23-20)21-19(22)14-24-13-15-8-4-3-5-9-15/h3-11,17H,12-14H2,1-2H3,(H,21,22). The van der Waals surface area contributed by atoms with Crippen molar-refractivity contribution in [3.05, 3.63) is 65.7 Å². The van der Waals surface area contributed by atoms with Gasteiger partial charge in [-0.05, 0) is 25.5 Å². The van der Waals surface area contributed by atoms with Crippen molar-refractivity contribution >= 4 is 17.7 Å². The van der Waals surface area contributed by atoms with Crippen LogP contribution in [0.3, 0.4) is 0 Å². The fraction of sp³-hybridized carbons (Fsp3) is 0.350. The number of amides is 1. The Labute approximate surface area is 147 Å². The molecule has 2 aromatic rings. The van der Waals surface area contributed by atoms with Gasteiger partial charge in [-0.15, -0.1) is 11.8 Å². The summed E-state index contributed by atoms with van der Waals surface area (Å²) in [6.07, 6.45) is 0.777. The van der Waals surface area contributed by atoms with E-state index in [1.165, 1.54) is 5.56 Å². The van der Waals surface area contributed by atoms with Crippen LogP contribution in [-0.2, 0) is 10.5 Å². The van der Waals surface area contributed by atoms with Crippen molar-refractivity contribution in [1.82, 2.24) is 5.32 Å². The lowest BCUT2D eigenvalue weighted by molar-refractivity contribution is -0.119. The molecule has 0 aliphatic carbocycles. The molecule has 1 aliphatic rings. The van der Waals surface area contributed by atoms with Gasteiger partial charge in [0.15, 0.2) is 0 Å². The van der Waals surface area contributed by atoms with Crippen LogP contribution in [0.1, 0.15) is 37.4 Å². The summed E-state index contributed by atoms with van der Waals surface area (Å²) < 4.78 is 6.01. The van der Waals surface area contributed by atoms with Gasteiger partial charge in [0.05, 0.1) is 11.8 Å². The van der Waals surface area contributed by atoms with E-state index in [4.69, 9.17) is 4.74 Å². The monoisotopic (exact) mass is 341 g/mol. The summed E-state index contributed by atoms with van der Waals surface area (Å²) in [5, 5.41) is 3.18. The molecule has 1 amide bonds. The maximum Gasteiger partial charge on any atom is 0.230 e. The minimum atomic E-state index is -0.274. The summed E-state index contributed by atoms with van der Waals surface area (Å²) in [5.74, 6) is 2.27. The van der Waals surface area contributed by atoms with E-state index >= 15 is 0 Å². The fourth-order valence-corrected chi connectivity index (χ4v) is 3.80. The third kappa shape index (κ3) is 4.32. The molecule has 0 spiro atoms. The summed E-state index contributed by atoms with van der Waals surface area (Å²) >= 11 is 1.64. The van der Waals surface area contributed by atoms with Crippen LogP contribution in [-0.4, -0.2) is 17.3 Å². The van der Waals surface area contributed by atoms with Gasteiger partial charge < -0.3 is 10.1 Å². The number of carbonyl (C=O) groups is 1. The maximum atomic E-state index is 12.3. The number of thioether (sulfide) groups is 1. The van der Waals surface area contributed by atoms with Gasteiger partial charge >= 0.3 is 0 Å². The van der Waals surface area contributed by atoms with Gasteiger partial charge in [-0.2, -0.15) is 0 Å². The van der Waals surface area contributed by atoms with Gasteiger partial charge in [-0.1, -0.05) is 48.5 Å². The van der Waals surface area contributed by atoms with Gasteiger partial charge in [-0.25, -0.2) is 0 Å². The smallest absolute Gasteiger partial charge is 0.230 e. The van der Waals surface area contributed by atoms with Crippen LogP contribution < -0.4 is 10.1 Å². The molecule has 1 heterocycles. The molecule has 1 aliphatic heterocycles. The molecule has 126 valence electrons. The van der Waals surface area contributed by atoms with Crippen LogP contribution in [0.5, 0.6) is 5.75 Å². The van der Waals surface area contributed by atoms with Crippen LogP contribution in [0.2, 0.25) is 0 Å². The molecule has 3 rings (SSSR count). The molecule has 0 saturated carbocycles. The topological polar surface area (TPSA) is 38.3 Å². The SMILES string of the molecule is CC1(C)CC(NC(=O)CSCc2ccccc2)c2ccccc2O1. The highest BCUT2D eigenvalue weighted by Crippen LogP contribution is 2.39. The summed E-state index contributed by atoms with van der Waals surface area (Å²) in [7, 11) is 0. The molecule has 24 heavy (non-hydrogen) atoms. The van der Waals surface area contributed by atoms with Crippen molar-refractivity contribution in [2.75, 3.05) is 5.75 Å². The number of carbonyl (C=O) groups excluding carboxylic acids is 1. The average Bonchev–Trinajstić information content (AvgIpc) is 2.55. The summed E-state index contributed by atoms with van der Waals surface area (Å²) in [5.41, 5.74) is 2.04. The first-order valence-electron chi connectivity index (χ1n) is 8.22. The van der Waals surface area contributed by atoms with Crippen LogP contribution in [0, 0.1) is 0 Å². The summed E-state index contributed by atoms with van der Waals surface area (Å²) in [6.45, 7) is 4.12. The molecule has 4 heteroatoms. The fourth-order valence-electron chi connectivity index (χ4n) is 3.00. The zero-order chi connectivity index (χ0) is 17.0. The minimum absolute atomic E-state index is 0.00905. The highest BCUT2D eigenvalue weighted by molar-refractivity contribution is 7.99. The summed E-state index contributed by atoms with van der Waals surface area (Å²) in [4.78, 5) is 12.3. The molecule has 0 aromatic heterocycles. The molecule has 0 fully saturated rings. The maximum absolute atomic E-state index is 12.3. The third-order valence-electron chi connectivity index (χ3n) is 4.06. The van der Waals surface area contributed by atoms with Gasteiger partial charge in [0.1, 0.15) is 11.4 Å². The van der Waals surface area contributed by atoms with Gasteiger partial charge in [0, 0.05) is 17.7 Å². The van der Waals surface area contributed by atoms with Crippen LogP contribution in [0.15, 0.2) is 54.6 Å². The van der Waals surface area contributed by atoms with E-state index in [1.807, 2.05) is 42.5 Å². The Hall–Kier alpha value is -1.94. The van der Waals surface area contributed by atoms with Gasteiger partial charge in [0.25, 0.3) is 0 Å².